The number of aromatic amines is 1. The van der Waals surface area contributed by atoms with Gasteiger partial charge in [0.1, 0.15) is 0 Å². The normalized spacial score (nSPS) is 22.9. The summed E-state index contributed by atoms with van der Waals surface area (Å²) in [6.07, 6.45) is 4.71. The van der Waals surface area contributed by atoms with Crippen LogP contribution in [0.1, 0.15) is 36.4 Å². The fourth-order valence-electron chi connectivity index (χ4n) is 4.57. The predicted octanol–water partition coefficient (Wildman–Crippen LogP) is 4.22. The third kappa shape index (κ3) is 3.42. The van der Waals surface area contributed by atoms with Crippen molar-refractivity contribution in [3.63, 3.8) is 0 Å². The summed E-state index contributed by atoms with van der Waals surface area (Å²) in [5.74, 6) is 0. The van der Waals surface area contributed by atoms with E-state index < -0.39 is 0 Å². The van der Waals surface area contributed by atoms with Crippen LogP contribution < -0.4 is 4.90 Å². The second kappa shape index (κ2) is 7.15. The van der Waals surface area contributed by atoms with Crippen molar-refractivity contribution in [3.8, 4) is 0 Å². The second-order valence-electron chi connectivity index (χ2n) is 8.82. The van der Waals surface area contributed by atoms with Gasteiger partial charge in [0.2, 0.25) is 0 Å². The van der Waals surface area contributed by atoms with Gasteiger partial charge in [0.15, 0.2) is 5.13 Å². The van der Waals surface area contributed by atoms with Crippen molar-refractivity contribution in [3.05, 3.63) is 46.6 Å². The highest BCUT2D eigenvalue weighted by Gasteiger charge is 2.35. The first kappa shape index (κ1) is 18.6. The van der Waals surface area contributed by atoms with Crippen LogP contribution in [-0.4, -0.2) is 46.7 Å². The number of hydrogen-bond donors (Lipinski definition) is 2. The van der Waals surface area contributed by atoms with Crippen LogP contribution >= 0.6 is 11.3 Å². The molecule has 29 heavy (non-hydrogen) atoms. The summed E-state index contributed by atoms with van der Waals surface area (Å²) in [6, 6.07) is 8.66. The molecule has 2 N–H and O–H groups in total. The van der Waals surface area contributed by atoms with Crippen LogP contribution in [0, 0.1) is 5.41 Å². The Hall–Kier alpha value is -2.38. The first-order valence-electron chi connectivity index (χ1n) is 10.1. The fraction of sp³-hybridized carbons (Fsp3) is 0.455. The maximum absolute atomic E-state index is 9.54. The van der Waals surface area contributed by atoms with Crippen LogP contribution in [0.5, 0.6) is 0 Å². The average molecular weight is 411 g/mol. The van der Waals surface area contributed by atoms with Crippen molar-refractivity contribution in [2.45, 2.75) is 39.2 Å². The number of morpholine rings is 1. The van der Waals surface area contributed by atoms with Gasteiger partial charge in [-0.1, -0.05) is 48.5 Å². The Balaban J connectivity index is 1.46. The summed E-state index contributed by atoms with van der Waals surface area (Å²) in [7, 11) is 0. The third-order valence-corrected chi connectivity index (χ3v) is 7.15. The van der Waals surface area contributed by atoms with Gasteiger partial charge in [-0.3, -0.25) is 0 Å². The molecule has 0 saturated carbocycles. The lowest BCUT2D eigenvalue weighted by Gasteiger charge is -2.35. The maximum Gasteiger partial charge on any atom is 0.186 e. The van der Waals surface area contributed by atoms with Gasteiger partial charge in [-0.05, 0) is 36.3 Å². The Labute approximate surface area is 174 Å². The Morgan fingerprint density at radius 3 is 3.07 bits per heavy atom. The number of nitrogens with one attached hydrogen (secondary N) is 1. The number of anilines is 1. The SMILES string of the molecule is CC1(C)CC(=NO)c2sc(N3CCOC[C@@H]3Cc3c[nH]c4ccccc34)nc2C1. The Kier molecular flexibility index (Phi) is 4.59. The lowest BCUT2D eigenvalue weighted by atomic mass is 9.78. The Morgan fingerprint density at radius 2 is 2.21 bits per heavy atom. The minimum atomic E-state index is 0.0638. The van der Waals surface area contributed by atoms with Gasteiger partial charge in [-0.2, -0.15) is 0 Å². The average Bonchev–Trinajstić information content (AvgIpc) is 3.31. The molecule has 1 aliphatic heterocycles. The molecule has 3 aromatic rings. The Bertz CT molecular complexity index is 1070. The molecule has 2 aliphatic rings. The standard InChI is InChI=1S/C22H26N4O2S/c1-22(2)10-18-20(19(11-22)25-27)29-21(24-18)26-7-8-28-13-15(26)9-14-12-23-17-6-4-3-5-16(14)17/h3-6,12,15,23,27H,7-11,13H2,1-2H3/t15-/m0/s1. The highest BCUT2D eigenvalue weighted by atomic mass is 32.1. The summed E-state index contributed by atoms with van der Waals surface area (Å²) in [5.41, 5.74) is 4.37. The topological polar surface area (TPSA) is 73.7 Å². The molecule has 1 saturated heterocycles. The van der Waals surface area contributed by atoms with Gasteiger partial charge in [0.25, 0.3) is 0 Å². The van der Waals surface area contributed by atoms with E-state index in [1.54, 1.807) is 11.3 Å². The summed E-state index contributed by atoms with van der Waals surface area (Å²) >= 11 is 1.66. The number of thiazole rings is 1. The molecule has 1 fully saturated rings. The molecule has 1 aliphatic carbocycles. The highest BCUT2D eigenvalue weighted by molar-refractivity contribution is 7.17. The van der Waals surface area contributed by atoms with Crippen molar-refractivity contribution in [2.24, 2.45) is 10.6 Å². The molecule has 0 amide bonds. The van der Waals surface area contributed by atoms with Gasteiger partial charge in [-0.25, -0.2) is 4.98 Å². The first-order valence-corrected chi connectivity index (χ1v) is 11.0. The second-order valence-corrected chi connectivity index (χ2v) is 9.80. The molecule has 1 aromatic carbocycles. The number of benzene rings is 1. The fourth-order valence-corrected chi connectivity index (χ4v) is 5.73. The first-order chi connectivity index (χ1) is 14.0. The summed E-state index contributed by atoms with van der Waals surface area (Å²) in [6.45, 7) is 6.63. The molecule has 0 unspecified atom stereocenters. The molecule has 3 heterocycles. The van der Waals surface area contributed by atoms with Gasteiger partial charge >= 0.3 is 0 Å². The third-order valence-electron chi connectivity index (χ3n) is 5.96. The van der Waals surface area contributed by atoms with Crippen molar-refractivity contribution in [1.82, 2.24) is 9.97 Å². The van der Waals surface area contributed by atoms with E-state index >= 15 is 0 Å². The van der Waals surface area contributed by atoms with E-state index in [9.17, 15) is 5.21 Å². The van der Waals surface area contributed by atoms with E-state index in [1.807, 2.05) is 0 Å². The zero-order valence-electron chi connectivity index (χ0n) is 16.8. The number of rotatable bonds is 3. The van der Waals surface area contributed by atoms with Gasteiger partial charge in [-0.15, -0.1) is 0 Å². The minimum absolute atomic E-state index is 0.0638. The number of fused-ring (bicyclic) bond motifs is 2. The van der Waals surface area contributed by atoms with Crippen molar-refractivity contribution >= 4 is 33.1 Å². The molecule has 0 bridgehead atoms. The van der Waals surface area contributed by atoms with E-state index in [1.165, 1.54) is 16.5 Å². The lowest BCUT2D eigenvalue weighted by molar-refractivity contribution is 0.0941. The van der Waals surface area contributed by atoms with Crippen LogP contribution in [0.2, 0.25) is 0 Å². The van der Waals surface area contributed by atoms with Gasteiger partial charge in [0.05, 0.1) is 35.5 Å². The number of ether oxygens (including phenoxy) is 1. The highest BCUT2D eigenvalue weighted by Crippen LogP contribution is 2.40. The molecule has 1 atom stereocenters. The number of oxime groups is 1. The molecule has 7 heteroatoms. The molecule has 6 nitrogen and oxygen atoms in total. The van der Waals surface area contributed by atoms with E-state index in [2.05, 4.69) is 59.3 Å². The maximum atomic E-state index is 9.54. The zero-order valence-corrected chi connectivity index (χ0v) is 17.6. The van der Waals surface area contributed by atoms with Crippen molar-refractivity contribution in [1.29, 1.82) is 0 Å². The molecular formula is C22H26N4O2S. The molecule has 0 spiro atoms. The summed E-state index contributed by atoms with van der Waals surface area (Å²) in [5, 5.41) is 15.4. The number of H-pyrrole nitrogens is 1. The van der Waals surface area contributed by atoms with Crippen LogP contribution in [0.4, 0.5) is 5.13 Å². The number of hydrogen-bond acceptors (Lipinski definition) is 6. The zero-order chi connectivity index (χ0) is 20.0. The smallest absolute Gasteiger partial charge is 0.186 e. The van der Waals surface area contributed by atoms with E-state index in [-0.39, 0.29) is 11.5 Å². The van der Waals surface area contributed by atoms with Crippen molar-refractivity contribution < 1.29 is 9.94 Å². The van der Waals surface area contributed by atoms with Crippen molar-refractivity contribution in [2.75, 3.05) is 24.7 Å². The largest absolute Gasteiger partial charge is 0.411 e. The van der Waals surface area contributed by atoms with Gasteiger partial charge in [0, 0.05) is 23.6 Å². The van der Waals surface area contributed by atoms with E-state index in [4.69, 9.17) is 9.72 Å². The van der Waals surface area contributed by atoms with Crippen LogP contribution in [0.25, 0.3) is 10.9 Å². The van der Waals surface area contributed by atoms with Crippen LogP contribution in [0.15, 0.2) is 35.6 Å². The quantitative estimate of drug-likeness (QED) is 0.501. The van der Waals surface area contributed by atoms with Gasteiger partial charge < -0.3 is 19.8 Å². The summed E-state index contributed by atoms with van der Waals surface area (Å²) in [4.78, 5) is 11.8. The monoisotopic (exact) mass is 410 g/mol. The van der Waals surface area contributed by atoms with Crippen LogP contribution in [0.3, 0.4) is 0 Å². The molecule has 152 valence electrons. The Morgan fingerprint density at radius 1 is 1.34 bits per heavy atom. The number of para-hydroxylation sites is 1. The minimum Gasteiger partial charge on any atom is -0.411 e. The summed E-state index contributed by atoms with van der Waals surface area (Å²) < 4.78 is 5.83. The number of nitrogens with zero attached hydrogens (tertiary/aromatic N) is 3. The van der Waals surface area contributed by atoms with E-state index in [0.717, 1.165) is 47.2 Å². The number of aromatic nitrogens is 2. The van der Waals surface area contributed by atoms with Crippen LogP contribution in [-0.2, 0) is 17.6 Å². The molecule has 2 aromatic heterocycles. The predicted molar refractivity (Wildman–Crippen MR) is 116 cm³/mol. The molecule has 0 radical (unpaired) electrons. The molecular weight excluding hydrogens is 384 g/mol. The van der Waals surface area contributed by atoms with E-state index in [0.29, 0.717) is 13.2 Å². The molecule has 5 rings (SSSR count). The lowest BCUT2D eigenvalue weighted by Crippen LogP contribution is -2.46.